The van der Waals surface area contributed by atoms with Crippen molar-refractivity contribution in [3.05, 3.63) is 23.0 Å². The van der Waals surface area contributed by atoms with Crippen LogP contribution in [0.1, 0.15) is 67.2 Å². The molecule has 2 aromatic rings. The smallest absolute Gasteiger partial charge is 0.323 e. The summed E-state index contributed by atoms with van der Waals surface area (Å²) in [6, 6.07) is 1.81. The van der Waals surface area contributed by atoms with E-state index in [1.807, 2.05) is 19.9 Å². The molecule has 0 unspecified atom stereocenters. The van der Waals surface area contributed by atoms with E-state index >= 15 is 0 Å². The molecule has 1 amide bonds. The lowest BCUT2D eigenvalue weighted by Gasteiger charge is -2.20. The Morgan fingerprint density at radius 1 is 1.32 bits per heavy atom. The van der Waals surface area contributed by atoms with Crippen molar-refractivity contribution in [1.29, 1.82) is 0 Å². The number of rotatable bonds is 8. The van der Waals surface area contributed by atoms with Gasteiger partial charge in [0.2, 0.25) is 0 Å². The molecule has 1 saturated carbocycles. The molecule has 0 atom stereocenters. The third-order valence-electron chi connectivity index (χ3n) is 4.36. The number of carboxylic acids is 1. The van der Waals surface area contributed by atoms with Crippen LogP contribution in [0.15, 0.2) is 10.6 Å². The minimum atomic E-state index is -1.02. The van der Waals surface area contributed by atoms with Crippen molar-refractivity contribution in [2.45, 2.75) is 51.9 Å². The topological polar surface area (TPSA) is 96.5 Å². The van der Waals surface area contributed by atoms with Gasteiger partial charge in [0.1, 0.15) is 6.54 Å². The molecule has 134 valence electrons. The minimum absolute atomic E-state index is 0.292. The van der Waals surface area contributed by atoms with Gasteiger partial charge in [-0.05, 0) is 31.7 Å². The first-order valence-corrected chi connectivity index (χ1v) is 8.85. The van der Waals surface area contributed by atoms with Crippen molar-refractivity contribution in [2.75, 3.05) is 13.1 Å². The Kier molecular flexibility index (Phi) is 5.01. The van der Waals surface area contributed by atoms with Gasteiger partial charge >= 0.3 is 5.97 Å². The van der Waals surface area contributed by atoms with Crippen LogP contribution in [-0.2, 0) is 11.2 Å². The second kappa shape index (κ2) is 7.21. The number of pyridine rings is 1. The third-order valence-corrected chi connectivity index (χ3v) is 4.36. The van der Waals surface area contributed by atoms with Gasteiger partial charge in [-0.1, -0.05) is 25.4 Å². The van der Waals surface area contributed by atoms with E-state index in [1.54, 1.807) is 0 Å². The lowest BCUT2D eigenvalue weighted by molar-refractivity contribution is -0.137. The predicted molar refractivity (Wildman–Crippen MR) is 91.6 cm³/mol. The van der Waals surface area contributed by atoms with Crippen molar-refractivity contribution in [3.63, 3.8) is 0 Å². The molecule has 7 nitrogen and oxygen atoms in total. The van der Waals surface area contributed by atoms with E-state index < -0.39 is 5.97 Å². The summed E-state index contributed by atoms with van der Waals surface area (Å²) in [6.07, 6.45) is 4.35. The fourth-order valence-electron chi connectivity index (χ4n) is 3.05. The van der Waals surface area contributed by atoms with Gasteiger partial charge in [-0.15, -0.1) is 0 Å². The van der Waals surface area contributed by atoms with Crippen LogP contribution in [-0.4, -0.2) is 45.1 Å². The molecule has 0 saturated heterocycles. The molecule has 2 heterocycles. The van der Waals surface area contributed by atoms with E-state index in [2.05, 4.69) is 10.1 Å². The summed E-state index contributed by atoms with van der Waals surface area (Å²) in [5, 5.41) is 13.9. The number of aryl methyl sites for hydroxylation is 1. The zero-order valence-corrected chi connectivity index (χ0v) is 14.6. The van der Waals surface area contributed by atoms with Crippen molar-refractivity contribution in [2.24, 2.45) is 0 Å². The van der Waals surface area contributed by atoms with E-state index in [9.17, 15) is 9.59 Å². The number of carboxylic acid groups (broad SMARTS) is 1. The second-order valence-electron chi connectivity index (χ2n) is 6.55. The van der Waals surface area contributed by atoms with Crippen LogP contribution in [0.2, 0.25) is 0 Å². The van der Waals surface area contributed by atoms with Crippen LogP contribution < -0.4 is 0 Å². The summed E-state index contributed by atoms with van der Waals surface area (Å²) >= 11 is 0. The van der Waals surface area contributed by atoms with Crippen LogP contribution >= 0.6 is 0 Å². The van der Waals surface area contributed by atoms with Gasteiger partial charge in [-0.25, -0.2) is 4.98 Å². The van der Waals surface area contributed by atoms with Gasteiger partial charge in [0.15, 0.2) is 0 Å². The Bertz CT molecular complexity index is 795. The average molecular weight is 345 g/mol. The van der Waals surface area contributed by atoms with Crippen LogP contribution in [0.3, 0.4) is 0 Å². The Morgan fingerprint density at radius 2 is 2.08 bits per heavy atom. The molecule has 1 aliphatic rings. The molecule has 7 heteroatoms. The molecule has 1 aliphatic carbocycles. The highest BCUT2D eigenvalue weighted by molar-refractivity contribution is 6.06. The standard InChI is InChI=1S/C18H23N3O4/c1-3-5-13-16-12(18(24)21(8-4-2)10-15(22)23)9-14(11-6-7-11)19-17(16)25-20-13/h9,11H,3-8,10H2,1-2H3,(H,22,23). The summed E-state index contributed by atoms with van der Waals surface area (Å²) in [5.74, 6) is -0.956. The molecule has 25 heavy (non-hydrogen) atoms. The van der Waals surface area contributed by atoms with Gasteiger partial charge in [0.25, 0.3) is 11.6 Å². The van der Waals surface area contributed by atoms with Crippen LogP contribution in [0.4, 0.5) is 0 Å². The lowest BCUT2D eigenvalue weighted by atomic mass is 10.0. The highest BCUT2D eigenvalue weighted by Crippen LogP contribution is 2.40. The molecular weight excluding hydrogens is 322 g/mol. The highest BCUT2D eigenvalue weighted by Gasteiger charge is 2.30. The van der Waals surface area contributed by atoms with Gasteiger partial charge in [-0.3, -0.25) is 9.59 Å². The number of aromatic nitrogens is 2. The molecular formula is C18H23N3O4. The van der Waals surface area contributed by atoms with E-state index in [4.69, 9.17) is 9.63 Å². The second-order valence-corrected chi connectivity index (χ2v) is 6.55. The zero-order valence-electron chi connectivity index (χ0n) is 14.6. The van der Waals surface area contributed by atoms with Gasteiger partial charge < -0.3 is 14.5 Å². The average Bonchev–Trinajstić information content (AvgIpc) is 3.35. The number of carbonyl (C=O) groups excluding carboxylic acids is 1. The van der Waals surface area contributed by atoms with E-state index in [0.29, 0.717) is 47.7 Å². The first kappa shape index (κ1) is 17.4. The van der Waals surface area contributed by atoms with Crippen molar-refractivity contribution < 1.29 is 19.2 Å². The summed E-state index contributed by atoms with van der Waals surface area (Å²) in [6.45, 7) is 4.02. The van der Waals surface area contributed by atoms with E-state index in [1.165, 1.54) is 4.90 Å². The number of aliphatic carboxylic acids is 1. The maximum Gasteiger partial charge on any atom is 0.323 e. The molecule has 0 aromatic carbocycles. The number of hydrogen-bond donors (Lipinski definition) is 1. The van der Waals surface area contributed by atoms with Crippen LogP contribution in [0.5, 0.6) is 0 Å². The molecule has 0 aliphatic heterocycles. The van der Waals surface area contributed by atoms with Gasteiger partial charge in [-0.2, -0.15) is 0 Å². The number of amides is 1. The summed E-state index contributed by atoms with van der Waals surface area (Å²) in [5.41, 5.74) is 2.39. The molecule has 0 spiro atoms. The number of nitrogens with zero attached hydrogens (tertiary/aromatic N) is 3. The third kappa shape index (κ3) is 3.65. The predicted octanol–water partition coefficient (Wildman–Crippen LogP) is 2.99. The molecule has 2 aromatic heterocycles. The minimum Gasteiger partial charge on any atom is -0.480 e. The van der Waals surface area contributed by atoms with Gasteiger partial charge in [0.05, 0.1) is 16.6 Å². The Morgan fingerprint density at radius 3 is 2.68 bits per heavy atom. The fraction of sp³-hybridized carbons (Fsp3) is 0.556. The first-order valence-electron chi connectivity index (χ1n) is 8.85. The summed E-state index contributed by atoms with van der Waals surface area (Å²) < 4.78 is 5.38. The Balaban J connectivity index is 2.08. The fourth-order valence-corrected chi connectivity index (χ4v) is 3.05. The molecule has 1 N–H and O–H groups in total. The maximum atomic E-state index is 13.1. The SMILES string of the molecule is CCCc1noc2nc(C3CC3)cc(C(=O)N(CCC)CC(=O)O)c12. The van der Waals surface area contributed by atoms with Crippen molar-refractivity contribution in [3.8, 4) is 0 Å². The summed E-state index contributed by atoms with van der Waals surface area (Å²) in [4.78, 5) is 30.2. The lowest BCUT2D eigenvalue weighted by Crippen LogP contribution is -2.36. The van der Waals surface area contributed by atoms with Crippen molar-refractivity contribution in [1.82, 2.24) is 15.0 Å². The van der Waals surface area contributed by atoms with Crippen LogP contribution in [0.25, 0.3) is 11.1 Å². The van der Waals surface area contributed by atoms with E-state index in [-0.39, 0.29) is 12.5 Å². The van der Waals surface area contributed by atoms with E-state index in [0.717, 1.165) is 25.0 Å². The zero-order chi connectivity index (χ0) is 18.0. The first-order chi connectivity index (χ1) is 12.0. The Hall–Kier alpha value is -2.44. The van der Waals surface area contributed by atoms with Crippen LogP contribution in [0, 0.1) is 0 Å². The largest absolute Gasteiger partial charge is 0.480 e. The van der Waals surface area contributed by atoms with Crippen molar-refractivity contribution >= 4 is 23.0 Å². The normalized spacial score (nSPS) is 14.0. The van der Waals surface area contributed by atoms with Gasteiger partial charge in [0, 0.05) is 18.2 Å². The monoisotopic (exact) mass is 345 g/mol. The quantitative estimate of drug-likeness (QED) is 0.790. The molecule has 0 bridgehead atoms. The molecule has 1 fully saturated rings. The number of carbonyl (C=O) groups is 2. The molecule has 3 rings (SSSR count). The highest BCUT2D eigenvalue weighted by atomic mass is 16.5. The maximum absolute atomic E-state index is 13.1. The number of fused-ring (bicyclic) bond motifs is 1. The molecule has 0 radical (unpaired) electrons. The number of hydrogen-bond acceptors (Lipinski definition) is 5. The summed E-state index contributed by atoms with van der Waals surface area (Å²) in [7, 11) is 0. The Labute approximate surface area is 146 Å².